The number of benzene rings is 1. The summed E-state index contributed by atoms with van der Waals surface area (Å²) in [5.74, 6) is -0.822. The van der Waals surface area contributed by atoms with Crippen molar-refractivity contribution in [2.75, 3.05) is 24.2 Å². The number of rotatable bonds is 8. The number of hydrogen-bond donors (Lipinski definition) is 4. The Morgan fingerprint density at radius 2 is 2.03 bits per heavy atom. The van der Waals surface area contributed by atoms with Gasteiger partial charge in [0.1, 0.15) is 17.9 Å². The van der Waals surface area contributed by atoms with Gasteiger partial charge in [-0.1, -0.05) is 0 Å². The van der Waals surface area contributed by atoms with Crippen molar-refractivity contribution in [2.24, 2.45) is 0 Å². The van der Waals surface area contributed by atoms with Crippen molar-refractivity contribution in [3.63, 3.8) is 0 Å². The molecule has 0 bridgehead atoms. The smallest absolute Gasteiger partial charge is 0.322 e. The third-order valence-electron chi connectivity index (χ3n) is 3.80. The van der Waals surface area contributed by atoms with E-state index >= 15 is 0 Å². The fourth-order valence-corrected chi connectivity index (χ4v) is 2.54. The molecule has 150 valence electrons. The van der Waals surface area contributed by atoms with Gasteiger partial charge in [-0.3, -0.25) is 9.59 Å². The van der Waals surface area contributed by atoms with Gasteiger partial charge in [-0.05, 0) is 31.2 Å². The van der Waals surface area contributed by atoms with E-state index in [2.05, 4.69) is 20.6 Å². The first-order chi connectivity index (χ1) is 14.0. The molecule has 0 atom stereocenters. The fourth-order valence-electron chi connectivity index (χ4n) is 2.54. The quantitative estimate of drug-likeness (QED) is 0.448. The average Bonchev–Trinajstić information content (AvgIpc) is 3.21. The maximum absolute atomic E-state index is 12.3. The molecule has 0 aliphatic heterocycles. The van der Waals surface area contributed by atoms with Gasteiger partial charge in [0.2, 0.25) is 5.88 Å². The standard InChI is InChI=1S/C19H19N5O5/c1-2-28-19-17(18(27)22-9-16(25)26)13(20)7-15(24-19)23-12-5-3-11(4-6-12)14-8-21-10-29-14/h3-8,10H,2,9H2,1H3,(H,22,27)(H,25,26)(H3,20,23,24). The average molecular weight is 397 g/mol. The van der Waals surface area contributed by atoms with Gasteiger partial charge in [0.25, 0.3) is 5.91 Å². The number of carboxylic acid groups (broad SMARTS) is 1. The first kappa shape index (κ1) is 19.7. The van der Waals surface area contributed by atoms with Gasteiger partial charge < -0.3 is 30.6 Å². The number of pyridine rings is 1. The highest BCUT2D eigenvalue weighted by Crippen LogP contribution is 2.28. The molecule has 0 unspecified atom stereocenters. The minimum atomic E-state index is -1.17. The molecule has 1 aromatic carbocycles. The van der Waals surface area contributed by atoms with E-state index in [9.17, 15) is 9.59 Å². The summed E-state index contributed by atoms with van der Waals surface area (Å²) in [7, 11) is 0. The van der Waals surface area contributed by atoms with Crippen LogP contribution in [0.5, 0.6) is 5.88 Å². The number of aliphatic carboxylic acids is 1. The van der Waals surface area contributed by atoms with Crippen LogP contribution in [0.2, 0.25) is 0 Å². The summed E-state index contributed by atoms with van der Waals surface area (Å²) in [5, 5.41) is 14.1. The Hall–Kier alpha value is -4.08. The van der Waals surface area contributed by atoms with E-state index in [0.29, 0.717) is 11.6 Å². The van der Waals surface area contributed by atoms with Crippen molar-refractivity contribution in [3.05, 3.63) is 48.5 Å². The summed E-state index contributed by atoms with van der Waals surface area (Å²) in [6, 6.07) is 8.82. The molecular formula is C19H19N5O5. The molecule has 0 fully saturated rings. The van der Waals surface area contributed by atoms with Gasteiger partial charge in [0.15, 0.2) is 12.2 Å². The lowest BCUT2D eigenvalue weighted by Crippen LogP contribution is -2.30. The largest absolute Gasteiger partial charge is 0.480 e. The summed E-state index contributed by atoms with van der Waals surface area (Å²) < 4.78 is 10.7. The summed E-state index contributed by atoms with van der Waals surface area (Å²) in [6.07, 6.45) is 2.98. The van der Waals surface area contributed by atoms with Crippen LogP contribution in [0, 0.1) is 0 Å². The zero-order valence-corrected chi connectivity index (χ0v) is 15.5. The van der Waals surface area contributed by atoms with Crippen LogP contribution in [-0.2, 0) is 4.79 Å². The molecule has 0 spiro atoms. The molecule has 10 heteroatoms. The van der Waals surface area contributed by atoms with E-state index in [1.807, 2.05) is 24.3 Å². The second kappa shape index (κ2) is 8.74. The number of aromatic nitrogens is 2. The molecule has 10 nitrogen and oxygen atoms in total. The maximum atomic E-state index is 12.3. The molecule has 1 amide bonds. The van der Waals surface area contributed by atoms with E-state index in [0.717, 1.165) is 11.3 Å². The Balaban J connectivity index is 1.82. The van der Waals surface area contributed by atoms with Crippen molar-refractivity contribution >= 4 is 29.1 Å². The molecule has 0 radical (unpaired) electrons. The van der Waals surface area contributed by atoms with Crippen molar-refractivity contribution in [2.45, 2.75) is 6.92 Å². The van der Waals surface area contributed by atoms with Gasteiger partial charge in [-0.2, -0.15) is 4.98 Å². The number of hydrogen-bond acceptors (Lipinski definition) is 8. The number of carbonyl (C=O) groups excluding carboxylic acids is 1. The molecule has 29 heavy (non-hydrogen) atoms. The summed E-state index contributed by atoms with van der Waals surface area (Å²) >= 11 is 0. The van der Waals surface area contributed by atoms with Crippen molar-refractivity contribution in [1.82, 2.24) is 15.3 Å². The number of oxazole rings is 1. The second-order valence-electron chi connectivity index (χ2n) is 5.85. The Morgan fingerprint density at radius 1 is 1.28 bits per heavy atom. The normalized spacial score (nSPS) is 10.4. The summed E-state index contributed by atoms with van der Waals surface area (Å²) in [4.78, 5) is 31.1. The van der Waals surface area contributed by atoms with E-state index in [-0.39, 0.29) is 23.7 Å². The van der Waals surface area contributed by atoms with Crippen molar-refractivity contribution in [3.8, 4) is 17.2 Å². The lowest BCUT2D eigenvalue weighted by atomic mass is 10.1. The molecule has 0 aliphatic rings. The predicted octanol–water partition coefficient (Wildman–Crippen LogP) is 2.28. The molecule has 2 aromatic heterocycles. The third-order valence-corrected chi connectivity index (χ3v) is 3.80. The lowest BCUT2D eigenvalue weighted by Gasteiger charge is -2.14. The number of nitrogens with one attached hydrogen (secondary N) is 2. The topological polar surface area (TPSA) is 153 Å². The van der Waals surface area contributed by atoms with Crippen LogP contribution < -0.4 is 21.1 Å². The van der Waals surface area contributed by atoms with Crippen LogP contribution in [0.25, 0.3) is 11.3 Å². The number of anilines is 3. The Labute approximate surface area is 165 Å². The summed E-state index contributed by atoms with van der Waals surface area (Å²) in [6.45, 7) is 1.45. The van der Waals surface area contributed by atoms with Gasteiger partial charge in [-0.15, -0.1) is 0 Å². The Morgan fingerprint density at radius 3 is 2.66 bits per heavy atom. The number of nitrogens with zero attached hydrogens (tertiary/aromatic N) is 2. The highest BCUT2D eigenvalue weighted by atomic mass is 16.5. The molecule has 0 saturated carbocycles. The minimum absolute atomic E-state index is 0.0103. The van der Waals surface area contributed by atoms with Crippen molar-refractivity contribution < 1.29 is 23.8 Å². The van der Waals surface area contributed by atoms with E-state index in [1.54, 1.807) is 13.1 Å². The Bertz CT molecular complexity index is 1000. The molecule has 3 rings (SSSR count). The van der Waals surface area contributed by atoms with E-state index < -0.39 is 18.4 Å². The number of amides is 1. The maximum Gasteiger partial charge on any atom is 0.322 e. The zero-order chi connectivity index (χ0) is 20.8. The molecule has 0 aliphatic carbocycles. The molecule has 2 heterocycles. The van der Waals surface area contributed by atoms with Crippen LogP contribution in [0.3, 0.4) is 0 Å². The van der Waals surface area contributed by atoms with E-state index in [1.165, 1.54) is 12.5 Å². The Kier molecular flexibility index (Phi) is 5.93. The van der Waals surface area contributed by atoms with Gasteiger partial charge >= 0.3 is 5.97 Å². The number of carbonyl (C=O) groups is 2. The van der Waals surface area contributed by atoms with Crippen LogP contribution in [0.15, 0.2) is 47.3 Å². The van der Waals surface area contributed by atoms with Gasteiger partial charge in [0.05, 0.1) is 18.5 Å². The van der Waals surface area contributed by atoms with Crippen LogP contribution in [0.4, 0.5) is 17.2 Å². The van der Waals surface area contributed by atoms with E-state index in [4.69, 9.17) is 20.0 Å². The summed E-state index contributed by atoms with van der Waals surface area (Å²) in [5.41, 5.74) is 7.69. The van der Waals surface area contributed by atoms with Crippen LogP contribution in [-0.4, -0.2) is 40.1 Å². The van der Waals surface area contributed by atoms with Gasteiger partial charge in [-0.25, -0.2) is 4.98 Å². The van der Waals surface area contributed by atoms with Crippen molar-refractivity contribution in [1.29, 1.82) is 0 Å². The monoisotopic (exact) mass is 397 g/mol. The number of nitrogen functional groups attached to an aromatic ring is 1. The second-order valence-corrected chi connectivity index (χ2v) is 5.85. The first-order valence-electron chi connectivity index (χ1n) is 8.67. The first-order valence-corrected chi connectivity index (χ1v) is 8.67. The number of carboxylic acids is 1. The molecule has 0 saturated heterocycles. The molecule has 3 aromatic rings. The number of nitrogens with two attached hydrogens (primary N) is 1. The molecule has 5 N–H and O–H groups in total. The van der Waals surface area contributed by atoms with Crippen LogP contribution in [0.1, 0.15) is 17.3 Å². The highest BCUT2D eigenvalue weighted by Gasteiger charge is 2.20. The highest BCUT2D eigenvalue weighted by molar-refractivity contribution is 6.02. The van der Waals surface area contributed by atoms with Crippen LogP contribution >= 0.6 is 0 Å². The zero-order valence-electron chi connectivity index (χ0n) is 15.5. The minimum Gasteiger partial charge on any atom is -0.480 e. The fraction of sp³-hybridized carbons (Fsp3) is 0.158. The molecular weight excluding hydrogens is 378 g/mol. The lowest BCUT2D eigenvalue weighted by molar-refractivity contribution is -0.135. The van der Waals surface area contributed by atoms with Gasteiger partial charge in [0, 0.05) is 17.3 Å². The SMILES string of the molecule is CCOc1nc(Nc2ccc(-c3cnco3)cc2)cc(N)c1C(=O)NCC(=O)O. The number of ether oxygens (including phenoxy) is 1. The predicted molar refractivity (Wildman–Crippen MR) is 105 cm³/mol. The third kappa shape index (κ3) is 4.80.